The van der Waals surface area contributed by atoms with Crippen LogP contribution in [-0.2, 0) is 4.79 Å². The maximum Gasteiger partial charge on any atom is 0.271 e. The van der Waals surface area contributed by atoms with Crippen LogP contribution in [0.3, 0.4) is 0 Å². The van der Waals surface area contributed by atoms with Crippen LogP contribution < -0.4 is 10.9 Å². The summed E-state index contributed by atoms with van der Waals surface area (Å²) in [6.45, 7) is 5.73. The van der Waals surface area contributed by atoms with E-state index < -0.39 is 5.25 Å². The van der Waals surface area contributed by atoms with E-state index in [-0.39, 0.29) is 17.3 Å². The number of rotatable bonds is 5. The minimum absolute atomic E-state index is 0.234. The van der Waals surface area contributed by atoms with Crippen molar-refractivity contribution in [3.63, 3.8) is 0 Å². The average Bonchev–Trinajstić information content (AvgIpc) is 2.67. The molecule has 0 radical (unpaired) electrons. The number of benzene rings is 2. The van der Waals surface area contributed by atoms with E-state index in [1.807, 2.05) is 32.0 Å². The number of hydrogen-bond donors (Lipinski definition) is 1. The fourth-order valence-electron chi connectivity index (χ4n) is 2.51. The molecule has 1 heterocycles. The molecule has 0 aliphatic heterocycles. The Labute approximate surface area is 166 Å². The first-order chi connectivity index (χ1) is 13.3. The molecule has 0 saturated carbocycles. The number of halogens is 1. The molecule has 0 saturated heterocycles. The van der Waals surface area contributed by atoms with Crippen molar-refractivity contribution in [2.24, 2.45) is 0 Å². The van der Waals surface area contributed by atoms with Gasteiger partial charge >= 0.3 is 0 Å². The molecule has 5 nitrogen and oxygen atoms in total. The predicted octanol–water partition coefficient (Wildman–Crippen LogP) is 4.11. The normalized spacial score (nSPS) is 11.9. The third kappa shape index (κ3) is 4.67. The lowest BCUT2D eigenvalue weighted by molar-refractivity contribution is -0.115. The summed E-state index contributed by atoms with van der Waals surface area (Å²) in [6, 6.07) is 14.3. The summed E-state index contributed by atoms with van der Waals surface area (Å²) in [6.07, 6.45) is 0. The SMILES string of the molecule is Cc1ccc(-n2nc(SC(C)C(=O)Nc3ccc(F)cc3)ccc2=O)cc1C. The highest BCUT2D eigenvalue weighted by Gasteiger charge is 2.16. The number of amides is 1. The predicted molar refractivity (Wildman–Crippen MR) is 110 cm³/mol. The Morgan fingerprint density at radius 1 is 1.07 bits per heavy atom. The topological polar surface area (TPSA) is 64.0 Å². The lowest BCUT2D eigenvalue weighted by Crippen LogP contribution is -2.24. The highest BCUT2D eigenvalue weighted by atomic mass is 32.2. The highest BCUT2D eigenvalue weighted by Crippen LogP contribution is 2.22. The summed E-state index contributed by atoms with van der Waals surface area (Å²) in [7, 11) is 0. The van der Waals surface area contributed by atoms with Crippen molar-refractivity contribution in [2.45, 2.75) is 31.0 Å². The van der Waals surface area contributed by atoms with Gasteiger partial charge in [0.25, 0.3) is 5.56 Å². The molecule has 28 heavy (non-hydrogen) atoms. The van der Waals surface area contributed by atoms with Gasteiger partial charge in [-0.25, -0.2) is 4.39 Å². The molecular formula is C21H20FN3O2S. The van der Waals surface area contributed by atoms with Crippen molar-refractivity contribution >= 4 is 23.4 Å². The number of aryl methyl sites for hydroxylation is 2. The number of anilines is 1. The van der Waals surface area contributed by atoms with Crippen LogP contribution in [0.2, 0.25) is 0 Å². The minimum Gasteiger partial charge on any atom is -0.325 e. The molecule has 0 bridgehead atoms. The number of hydrogen-bond acceptors (Lipinski definition) is 4. The van der Waals surface area contributed by atoms with Crippen molar-refractivity contribution < 1.29 is 9.18 Å². The van der Waals surface area contributed by atoms with Gasteiger partial charge in [-0.2, -0.15) is 9.78 Å². The third-order valence-corrected chi connectivity index (χ3v) is 5.32. The average molecular weight is 397 g/mol. The Bertz CT molecular complexity index is 1060. The molecule has 0 spiro atoms. The number of carbonyl (C=O) groups is 1. The van der Waals surface area contributed by atoms with Crippen molar-refractivity contribution in [3.05, 3.63) is 81.9 Å². The lowest BCUT2D eigenvalue weighted by atomic mass is 10.1. The van der Waals surface area contributed by atoms with E-state index in [0.29, 0.717) is 16.4 Å². The summed E-state index contributed by atoms with van der Waals surface area (Å²) >= 11 is 1.24. The molecule has 1 unspecified atom stereocenters. The maximum absolute atomic E-state index is 13.0. The molecule has 1 atom stereocenters. The Morgan fingerprint density at radius 2 is 1.79 bits per heavy atom. The second kappa shape index (κ2) is 8.39. The molecule has 1 amide bonds. The van der Waals surface area contributed by atoms with Gasteiger partial charge in [0.1, 0.15) is 10.8 Å². The maximum atomic E-state index is 13.0. The molecule has 2 aromatic carbocycles. The van der Waals surface area contributed by atoms with E-state index >= 15 is 0 Å². The standard InChI is InChI=1S/C21H20FN3O2S/c1-13-4-9-18(12-14(13)2)25-20(26)11-10-19(24-25)28-15(3)21(27)23-17-7-5-16(22)6-8-17/h4-12,15H,1-3H3,(H,23,27). The van der Waals surface area contributed by atoms with Gasteiger partial charge < -0.3 is 5.32 Å². The third-order valence-electron chi connectivity index (χ3n) is 4.29. The largest absolute Gasteiger partial charge is 0.325 e. The van der Waals surface area contributed by atoms with E-state index in [9.17, 15) is 14.0 Å². The van der Waals surface area contributed by atoms with Gasteiger partial charge in [-0.3, -0.25) is 9.59 Å². The first kappa shape index (κ1) is 19.8. The Balaban J connectivity index is 1.76. The van der Waals surface area contributed by atoms with E-state index in [2.05, 4.69) is 10.4 Å². The minimum atomic E-state index is -0.455. The Hall–Kier alpha value is -2.93. The van der Waals surface area contributed by atoms with Crippen molar-refractivity contribution in [2.75, 3.05) is 5.32 Å². The highest BCUT2D eigenvalue weighted by molar-refractivity contribution is 8.00. The van der Waals surface area contributed by atoms with Gasteiger partial charge in [0.2, 0.25) is 5.91 Å². The summed E-state index contributed by atoms with van der Waals surface area (Å²) in [5.74, 6) is -0.597. The van der Waals surface area contributed by atoms with Gasteiger partial charge in [0, 0.05) is 11.8 Å². The fraction of sp³-hybridized carbons (Fsp3) is 0.190. The first-order valence-electron chi connectivity index (χ1n) is 8.74. The summed E-state index contributed by atoms with van der Waals surface area (Å²) < 4.78 is 14.3. The van der Waals surface area contributed by atoms with Crippen LogP contribution in [0, 0.1) is 19.7 Å². The van der Waals surface area contributed by atoms with Gasteiger partial charge in [0.15, 0.2) is 0 Å². The van der Waals surface area contributed by atoms with Crippen molar-refractivity contribution in [1.82, 2.24) is 9.78 Å². The zero-order chi connectivity index (χ0) is 20.3. The first-order valence-corrected chi connectivity index (χ1v) is 9.62. The second-order valence-corrected chi connectivity index (χ2v) is 7.81. The van der Waals surface area contributed by atoms with Gasteiger partial charge in [-0.1, -0.05) is 17.8 Å². The Morgan fingerprint density at radius 3 is 2.46 bits per heavy atom. The van der Waals surface area contributed by atoms with Crippen LogP contribution in [-0.4, -0.2) is 20.9 Å². The van der Waals surface area contributed by atoms with Gasteiger partial charge in [-0.05, 0) is 74.4 Å². The molecule has 1 N–H and O–H groups in total. The van der Waals surface area contributed by atoms with Crippen molar-refractivity contribution in [3.8, 4) is 5.69 Å². The van der Waals surface area contributed by atoms with E-state index in [1.165, 1.54) is 46.8 Å². The lowest BCUT2D eigenvalue weighted by Gasteiger charge is -2.13. The quantitative estimate of drug-likeness (QED) is 0.658. The zero-order valence-corrected chi connectivity index (χ0v) is 16.6. The van der Waals surface area contributed by atoms with E-state index in [1.54, 1.807) is 13.0 Å². The number of nitrogens with one attached hydrogen (secondary N) is 1. The molecule has 0 fully saturated rings. The monoisotopic (exact) mass is 397 g/mol. The van der Waals surface area contributed by atoms with Crippen molar-refractivity contribution in [1.29, 1.82) is 0 Å². The van der Waals surface area contributed by atoms with Crippen LogP contribution in [0.15, 0.2) is 64.4 Å². The molecular weight excluding hydrogens is 377 g/mol. The Kier molecular flexibility index (Phi) is 5.94. The van der Waals surface area contributed by atoms with Gasteiger partial charge in [-0.15, -0.1) is 0 Å². The summed E-state index contributed by atoms with van der Waals surface area (Å²) in [5, 5.41) is 7.23. The van der Waals surface area contributed by atoms with Crippen LogP contribution >= 0.6 is 11.8 Å². The molecule has 0 aliphatic rings. The number of carbonyl (C=O) groups excluding carboxylic acids is 1. The second-order valence-electron chi connectivity index (χ2n) is 6.45. The molecule has 3 aromatic rings. The number of aromatic nitrogens is 2. The van der Waals surface area contributed by atoms with Crippen LogP contribution in [0.5, 0.6) is 0 Å². The van der Waals surface area contributed by atoms with Crippen LogP contribution in [0.25, 0.3) is 5.69 Å². The number of nitrogens with zero attached hydrogens (tertiary/aromatic N) is 2. The van der Waals surface area contributed by atoms with Gasteiger partial charge in [0.05, 0.1) is 10.9 Å². The molecule has 3 rings (SSSR count). The van der Waals surface area contributed by atoms with Crippen LogP contribution in [0.4, 0.5) is 10.1 Å². The fourth-order valence-corrected chi connectivity index (χ4v) is 3.31. The zero-order valence-electron chi connectivity index (χ0n) is 15.8. The number of thioether (sulfide) groups is 1. The van der Waals surface area contributed by atoms with E-state index in [4.69, 9.17) is 0 Å². The van der Waals surface area contributed by atoms with E-state index in [0.717, 1.165) is 11.1 Å². The molecule has 1 aromatic heterocycles. The molecule has 144 valence electrons. The summed E-state index contributed by atoms with van der Waals surface area (Å²) in [4.78, 5) is 24.6. The smallest absolute Gasteiger partial charge is 0.271 e. The summed E-state index contributed by atoms with van der Waals surface area (Å²) in [5.41, 5.74) is 3.16. The molecule has 7 heteroatoms. The molecule has 0 aliphatic carbocycles. The van der Waals surface area contributed by atoms with Crippen LogP contribution in [0.1, 0.15) is 18.1 Å².